The average molecular weight is 429 g/mol. The first-order chi connectivity index (χ1) is 15.5. The molecule has 4 aromatic rings. The zero-order chi connectivity index (χ0) is 22.5. The van der Waals surface area contributed by atoms with Gasteiger partial charge in [-0.25, -0.2) is 4.98 Å². The quantitative estimate of drug-likeness (QED) is 0.429. The summed E-state index contributed by atoms with van der Waals surface area (Å²) >= 11 is 0. The first-order valence-corrected chi connectivity index (χ1v) is 9.66. The Morgan fingerprint density at radius 2 is 1.75 bits per heavy atom. The first kappa shape index (κ1) is 20.7. The van der Waals surface area contributed by atoms with Gasteiger partial charge in [-0.3, -0.25) is 9.59 Å². The van der Waals surface area contributed by atoms with Crippen molar-refractivity contribution >= 4 is 5.91 Å². The summed E-state index contributed by atoms with van der Waals surface area (Å²) in [6.45, 7) is 0. The van der Waals surface area contributed by atoms with E-state index in [1.807, 2.05) is 12.1 Å². The van der Waals surface area contributed by atoms with Gasteiger partial charge in [-0.1, -0.05) is 24.3 Å². The number of hydrogen-bond acceptors (Lipinski definition) is 7. The second-order valence-corrected chi connectivity index (χ2v) is 6.85. The molecular weight excluding hydrogens is 410 g/mol. The van der Waals surface area contributed by atoms with E-state index in [-0.39, 0.29) is 17.1 Å². The molecule has 4 rings (SSSR count). The van der Waals surface area contributed by atoms with Crippen molar-refractivity contribution < 1.29 is 14.6 Å². The van der Waals surface area contributed by atoms with Crippen LogP contribution in [0.1, 0.15) is 27.5 Å². The summed E-state index contributed by atoms with van der Waals surface area (Å²) in [5.41, 5.74) is 1.14. The van der Waals surface area contributed by atoms with Crippen LogP contribution in [0, 0.1) is 0 Å². The van der Waals surface area contributed by atoms with Crippen LogP contribution in [0.15, 0.2) is 77.9 Å². The zero-order valence-corrected chi connectivity index (χ0v) is 17.0. The summed E-state index contributed by atoms with van der Waals surface area (Å²) in [6, 6.07) is 16.4. The summed E-state index contributed by atoms with van der Waals surface area (Å²) in [5, 5.41) is 20.2. The van der Waals surface area contributed by atoms with Crippen LogP contribution in [0.5, 0.6) is 11.5 Å². The molecule has 0 saturated carbocycles. The molecule has 0 aliphatic heterocycles. The van der Waals surface area contributed by atoms with E-state index < -0.39 is 17.5 Å². The van der Waals surface area contributed by atoms with Crippen LogP contribution in [-0.2, 0) is 0 Å². The van der Waals surface area contributed by atoms with Crippen molar-refractivity contribution in [3.8, 4) is 23.0 Å². The highest BCUT2D eigenvalue weighted by Crippen LogP contribution is 2.26. The molecule has 0 fully saturated rings. The molecule has 2 heterocycles. The molecule has 0 unspecified atom stereocenters. The van der Waals surface area contributed by atoms with E-state index in [0.29, 0.717) is 11.4 Å². The number of carbonyl (C=O) groups is 1. The maximum Gasteiger partial charge on any atom is 0.264 e. The number of carbonyl (C=O) groups excluding carboxylic acids is 1. The van der Waals surface area contributed by atoms with E-state index in [1.54, 1.807) is 43.5 Å². The summed E-state index contributed by atoms with van der Waals surface area (Å²) in [4.78, 5) is 32.3. The van der Waals surface area contributed by atoms with Crippen LogP contribution >= 0.6 is 0 Å². The van der Waals surface area contributed by atoms with Gasteiger partial charge >= 0.3 is 0 Å². The summed E-state index contributed by atoms with van der Waals surface area (Å²) in [7, 11) is 1.57. The third kappa shape index (κ3) is 4.46. The third-order valence-electron chi connectivity index (χ3n) is 4.81. The van der Waals surface area contributed by atoms with Crippen molar-refractivity contribution in [3.05, 3.63) is 100 Å². The average Bonchev–Trinajstić information content (AvgIpc) is 2.83. The van der Waals surface area contributed by atoms with Gasteiger partial charge in [0, 0.05) is 12.4 Å². The maximum absolute atomic E-state index is 13.0. The number of phenolic OH excluding ortho intramolecular Hbond substituents is 1. The van der Waals surface area contributed by atoms with Crippen LogP contribution in [-0.4, -0.2) is 38.3 Å². The van der Waals surface area contributed by atoms with Crippen LogP contribution < -0.4 is 15.6 Å². The Balaban J connectivity index is 1.65. The number of nitrogens with zero attached hydrogens (tertiary/aromatic N) is 3. The Labute approximate surface area is 182 Å². The Bertz CT molecular complexity index is 1270. The lowest BCUT2D eigenvalue weighted by atomic mass is 9.98. The zero-order valence-electron chi connectivity index (χ0n) is 17.0. The normalized spacial score (nSPS) is 11.5. The minimum atomic E-state index is -0.600. The predicted molar refractivity (Wildman–Crippen MR) is 116 cm³/mol. The standard InChI is InChI=1S/C23H19N5O4/c1-32-17-10-6-15(7-11-17)20(14-4-8-16(29)9-5-14)26-22(30)18-13-24-21(27-23(18)31)19-3-2-12-25-28-19/h2-13,20,29H,1H3,(H,26,30)(H,24,27,31)/t20-/m0/s1. The van der Waals surface area contributed by atoms with Crippen molar-refractivity contribution in [2.24, 2.45) is 0 Å². The fourth-order valence-corrected chi connectivity index (χ4v) is 3.15. The summed E-state index contributed by atoms with van der Waals surface area (Å²) < 4.78 is 5.20. The lowest BCUT2D eigenvalue weighted by Gasteiger charge is -2.20. The number of H-pyrrole nitrogens is 1. The lowest BCUT2D eigenvalue weighted by molar-refractivity contribution is 0.0941. The largest absolute Gasteiger partial charge is 0.508 e. The Morgan fingerprint density at radius 3 is 2.34 bits per heavy atom. The number of amides is 1. The van der Waals surface area contributed by atoms with Crippen LogP contribution in [0.4, 0.5) is 0 Å². The van der Waals surface area contributed by atoms with E-state index in [4.69, 9.17) is 4.74 Å². The molecule has 160 valence electrons. The lowest BCUT2D eigenvalue weighted by Crippen LogP contribution is -2.33. The van der Waals surface area contributed by atoms with Gasteiger partial charge in [-0.05, 0) is 47.5 Å². The molecule has 1 amide bonds. The number of aromatic nitrogens is 4. The topological polar surface area (TPSA) is 130 Å². The second kappa shape index (κ2) is 9.09. The van der Waals surface area contributed by atoms with Crippen molar-refractivity contribution in [2.75, 3.05) is 7.11 Å². The number of phenols is 1. The molecule has 2 aromatic heterocycles. The molecule has 1 atom stereocenters. The Kier molecular flexibility index (Phi) is 5.89. The van der Waals surface area contributed by atoms with Gasteiger partial charge in [-0.15, -0.1) is 5.10 Å². The number of ether oxygens (including phenoxy) is 1. The molecule has 0 aliphatic carbocycles. The molecule has 0 aliphatic rings. The highest BCUT2D eigenvalue weighted by Gasteiger charge is 2.21. The number of hydrogen-bond donors (Lipinski definition) is 3. The van der Waals surface area contributed by atoms with Crippen LogP contribution in [0.25, 0.3) is 11.5 Å². The van der Waals surface area contributed by atoms with Gasteiger partial charge in [-0.2, -0.15) is 5.10 Å². The highest BCUT2D eigenvalue weighted by atomic mass is 16.5. The van der Waals surface area contributed by atoms with E-state index in [2.05, 4.69) is 25.5 Å². The van der Waals surface area contributed by atoms with Crippen molar-refractivity contribution in [1.29, 1.82) is 0 Å². The number of rotatable bonds is 6. The molecule has 3 N–H and O–H groups in total. The SMILES string of the molecule is COc1ccc([C@@H](NC(=O)c2cnc(-c3cccnn3)[nH]c2=O)c2ccc(O)cc2)cc1. The van der Waals surface area contributed by atoms with E-state index in [9.17, 15) is 14.7 Å². The molecule has 2 aromatic carbocycles. The van der Waals surface area contributed by atoms with Gasteiger partial charge < -0.3 is 20.1 Å². The molecule has 0 radical (unpaired) electrons. The fraction of sp³-hybridized carbons (Fsp3) is 0.0870. The van der Waals surface area contributed by atoms with Gasteiger partial charge in [0.25, 0.3) is 11.5 Å². The van der Waals surface area contributed by atoms with Gasteiger partial charge in [0.05, 0.1) is 13.2 Å². The molecule has 32 heavy (non-hydrogen) atoms. The Hall–Kier alpha value is -4.53. The minimum absolute atomic E-state index is 0.105. The van der Waals surface area contributed by atoms with Gasteiger partial charge in [0.15, 0.2) is 5.82 Å². The molecule has 0 spiro atoms. The summed E-state index contributed by atoms with van der Waals surface area (Å²) in [5.74, 6) is 0.391. The van der Waals surface area contributed by atoms with Crippen molar-refractivity contribution in [3.63, 3.8) is 0 Å². The van der Waals surface area contributed by atoms with Gasteiger partial charge in [0.2, 0.25) is 0 Å². The smallest absolute Gasteiger partial charge is 0.264 e. The number of methoxy groups -OCH3 is 1. The first-order valence-electron chi connectivity index (χ1n) is 9.66. The third-order valence-corrected chi connectivity index (χ3v) is 4.81. The van der Waals surface area contributed by atoms with Gasteiger partial charge in [0.1, 0.15) is 22.8 Å². The number of aromatic hydroxyl groups is 1. The molecule has 9 heteroatoms. The number of aromatic amines is 1. The second-order valence-electron chi connectivity index (χ2n) is 6.85. The molecule has 9 nitrogen and oxygen atoms in total. The van der Waals surface area contributed by atoms with Crippen molar-refractivity contribution in [2.45, 2.75) is 6.04 Å². The van der Waals surface area contributed by atoms with E-state index >= 15 is 0 Å². The monoisotopic (exact) mass is 429 g/mol. The molecule has 0 saturated heterocycles. The van der Waals surface area contributed by atoms with Crippen molar-refractivity contribution in [1.82, 2.24) is 25.5 Å². The van der Waals surface area contributed by atoms with Crippen LogP contribution in [0.3, 0.4) is 0 Å². The van der Waals surface area contributed by atoms with E-state index in [0.717, 1.165) is 11.1 Å². The Morgan fingerprint density at radius 1 is 1.06 bits per heavy atom. The summed E-state index contributed by atoms with van der Waals surface area (Å²) in [6.07, 6.45) is 2.71. The number of nitrogens with one attached hydrogen (secondary N) is 2. The number of benzene rings is 2. The molecule has 0 bridgehead atoms. The van der Waals surface area contributed by atoms with E-state index in [1.165, 1.54) is 24.5 Å². The fourth-order valence-electron chi connectivity index (χ4n) is 3.15. The maximum atomic E-state index is 13.0. The molecular formula is C23H19N5O4. The van der Waals surface area contributed by atoms with Crippen LogP contribution in [0.2, 0.25) is 0 Å². The predicted octanol–water partition coefficient (Wildman–Crippen LogP) is 2.46. The minimum Gasteiger partial charge on any atom is -0.508 e. The highest BCUT2D eigenvalue weighted by molar-refractivity contribution is 5.94.